The SMILES string of the molecule is C/C=C1\C=CC2(CC1)CCC(c1ccc(OCc3ccccc3)cc1)CC2. The fraction of sp³-hybridized carbons (Fsp3) is 0.385. The summed E-state index contributed by atoms with van der Waals surface area (Å²) < 4.78 is 5.93. The molecule has 1 nitrogen and oxygen atoms in total. The highest BCUT2D eigenvalue weighted by Crippen LogP contribution is 2.49. The maximum absolute atomic E-state index is 5.93. The molecule has 0 heterocycles. The number of rotatable bonds is 4. The molecule has 1 spiro atoms. The summed E-state index contributed by atoms with van der Waals surface area (Å²) in [6.45, 7) is 2.79. The molecule has 0 unspecified atom stereocenters. The zero-order valence-corrected chi connectivity index (χ0v) is 16.4. The quantitative estimate of drug-likeness (QED) is 0.561. The molecule has 2 aromatic rings. The Balaban J connectivity index is 1.32. The molecule has 2 aromatic carbocycles. The summed E-state index contributed by atoms with van der Waals surface area (Å²) >= 11 is 0. The molecule has 4 rings (SSSR count). The second-order valence-corrected chi connectivity index (χ2v) is 8.18. The van der Waals surface area contributed by atoms with Crippen LogP contribution >= 0.6 is 0 Å². The lowest BCUT2D eigenvalue weighted by molar-refractivity contribution is 0.216. The maximum Gasteiger partial charge on any atom is 0.119 e. The van der Waals surface area contributed by atoms with E-state index in [0.29, 0.717) is 17.9 Å². The summed E-state index contributed by atoms with van der Waals surface area (Å²) in [6, 6.07) is 19.2. The lowest BCUT2D eigenvalue weighted by Crippen LogP contribution is -2.26. The van der Waals surface area contributed by atoms with Crippen molar-refractivity contribution in [3.8, 4) is 5.75 Å². The van der Waals surface area contributed by atoms with Crippen LogP contribution in [-0.4, -0.2) is 0 Å². The van der Waals surface area contributed by atoms with Crippen LogP contribution < -0.4 is 4.74 Å². The Bertz CT molecular complexity index is 790. The number of ether oxygens (including phenoxy) is 1. The Morgan fingerprint density at radius 1 is 0.963 bits per heavy atom. The molecule has 0 atom stereocenters. The second kappa shape index (κ2) is 8.17. The lowest BCUT2D eigenvalue weighted by atomic mass is 9.64. The van der Waals surface area contributed by atoms with Crippen molar-refractivity contribution < 1.29 is 4.74 Å². The van der Waals surface area contributed by atoms with Gasteiger partial charge in [-0.1, -0.05) is 66.3 Å². The number of allylic oxidation sites excluding steroid dienone is 4. The van der Waals surface area contributed by atoms with E-state index in [9.17, 15) is 0 Å². The molecule has 0 amide bonds. The van der Waals surface area contributed by atoms with E-state index in [4.69, 9.17) is 4.74 Å². The Labute approximate surface area is 163 Å². The Kier molecular flexibility index (Phi) is 5.48. The smallest absolute Gasteiger partial charge is 0.119 e. The third-order valence-electron chi connectivity index (χ3n) is 6.51. The van der Waals surface area contributed by atoms with E-state index in [-0.39, 0.29) is 0 Å². The van der Waals surface area contributed by atoms with Crippen molar-refractivity contribution in [1.29, 1.82) is 0 Å². The first-order chi connectivity index (χ1) is 13.3. The maximum atomic E-state index is 5.93. The first-order valence-electron chi connectivity index (χ1n) is 10.4. The summed E-state index contributed by atoms with van der Waals surface area (Å²) in [5, 5.41) is 0. The van der Waals surface area contributed by atoms with Gasteiger partial charge in [-0.15, -0.1) is 0 Å². The molecule has 2 aliphatic rings. The van der Waals surface area contributed by atoms with Gasteiger partial charge in [0.05, 0.1) is 0 Å². The van der Waals surface area contributed by atoms with Gasteiger partial charge in [0.2, 0.25) is 0 Å². The lowest BCUT2D eigenvalue weighted by Gasteiger charge is -2.40. The van der Waals surface area contributed by atoms with Crippen LogP contribution in [0.25, 0.3) is 0 Å². The fourth-order valence-electron chi connectivity index (χ4n) is 4.60. The molecule has 0 aromatic heterocycles. The van der Waals surface area contributed by atoms with E-state index in [1.54, 1.807) is 0 Å². The molecule has 0 N–H and O–H groups in total. The topological polar surface area (TPSA) is 9.23 Å². The van der Waals surface area contributed by atoms with Gasteiger partial charge < -0.3 is 4.74 Å². The van der Waals surface area contributed by atoms with Crippen LogP contribution in [0.4, 0.5) is 0 Å². The van der Waals surface area contributed by atoms with Crippen molar-refractivity contribution in [2.45, 2.75) is 58.0 Å². The first-order valence-corrected chi connectivity index (χ1v) is 10.4. The zero-order chi connectivity index (χ0) is 18.5. The van der Waals surface area contributed by atoms with Crippen molar-refractivity contribution in [2.75, 3.05) is 0 Å². The van der Waals surface area contributed by atoms with Crippen molar-refractivity contribution in [1.82, 2.24) is 0 Å². The molecule has 1 saturated carbocycles. The fourth-order valence-corrected chi connectivity index (χ4v) is 4.60. The minimum absolute atomic E-state index is 0.474. The van der Waals surface area contributed by atoms with Gasteiger partial charge in [0.15, 0.2) is 0 Å². The van der Waals surface area contributed by atoms with E-state index in [1.165, 1.54) is 55.2 Å². The van der Waals surface area contributed by atoms with Crippen molar-refractivity contribution >= 4 is 0 Å². The minimum atomic E-state index is 0.474. The molecular weight excluding hydrogens is 328 g/mol. The summed E-state index contributed by atoms with van der Waals surface area (Å²) in [5.74, 6) is 1.67. The van der Waals surface area contributed by atoms with Crippen LogP contribution in [0, 0.1) is 5.41 Å². The number of hydrogen-bond acceptors (Lipinski definition) is 1. The van der Waals surface area contributed by atoms with Gasteiger partial charge >= 0.3 is 0 Å². The van der Waals surface area contributed by atoms with E-state index in [2.05, 4.69) is 73.7 Å². The largest absolute Gasteiger partial charge is 0.489 e. The summed E-state index contributed by atoms with van der Waals surface area (Å²) in [7, 11) is 0. The van der Waals surface area contributed by atoms with Gasteiger partial charge in [-0.3, -0.25) is 0 Å². The molecule has 0 aliphatic heterocycles. The van der Waals surface area contributed by atoms with Crippen LogP contribution in [0.5, 0.6) is 5.75 Å². The van der Waals surface area contributed by atoms with Gasteiger partial charge in [-0.25, -0.2) is 0 Å². The summed E-state index contributed by atoms with van der Waals surface area (Å²) in [5.41, 5.74) is 4.67. The van der Waals surface area contributed by atoms with Gasteiger partial charge in [0.25, 0.3) is 0 Å². The van der Waals surface area contributed by atoms with Crippen LogP contribution in [0.3, 0.4) is 0 Å². The molecule has 0 radical (unpaired) electrons. The number of benzene rings is 2. The van der Waals surface area contributed by atoms with Crippen molar-refractivity contribution in [3.05, 3.63) is 89.5 Å². The zero-order valence-electron chi connectivity index (χ0n) is 16.4. The van der Waals surface area contributed by atoms with Gasteiger partial charge in [0.1, 0.15) is 12.4 Å². The average Bonchev–Trinajstić information content (AvgIpc) is 2.75. The third kappa shape index (κ3) is 4.35. The van der Waals surface area contributed by atoms with E-state index >= 15 is 0 Å². The van der Waals surface area contributed by atoms with Crippen LogP contribution in [-0.2, 0) is 6.61 Å². The second-order valence-electron chi connectivity index (χ2n) is 8.18. The van der Waals surface area contributed by atoms with Gasteiger partial charge in [0, 0.05) is 0 Å². The standard InChI is InChI=1S/C26H30O/c1-2-21-12-16-26(17-13-21)18-14-24(15-19-26)23-8-10-25(11-9-23)27-20-22-6-4-3-5-7-22/h2-12,16,24H,13-15,17-20H2,1H3/b21-2+. The van der Waals surface area contributed by atoms with Gasteiger partial charge in [-0.05, 0) is 80.0 Å². The average molecular weight is 359 g/mol. The first kappa shape index (κ1) is 18.1. The monoisotopic (exact) mass is 358 g/mol. The normalized spacial score (nSPS) is 26.4. The Morgan fingerprint density at radius 3 is 2.33 bits per heavy atom. The Hall–Kier alpha value is -2.28. The van der Waals surface area contributed by atoms with E-state index < -0.39 is 0 Å². The van der Waals surface area contributed by atoms with Crippen molar-refractivity contribution in [3.63, 3.8) is 0 Å². The van der Waals surface area contributed by atoms with Crippen LogP contribution in [0.2, 0.25) is 0 Å². The highest BCUT2D eigenvalue weighted by Gasteiger charge is 2.34. The van der Waals surface area contributed by atoms with E-state index in [0.717, 1.165) is 5.75 Å². The third-order valence-corrected chi connectivity index (χ3v) is 6.51. The van der Waals surface area contributed by atoms with Crippen LogP contribution in [0.1, 0.15) is 62.5 Å². The highest BCUT2D eigenvalue weighted by molar-refractivity contribution is 5.31. The summed E-state index contributed by atoms with van der Waals surface area (Å²) in [6.07, 6.45) is 15.0. The predicted octanol–water partition coefficient (Wildman–Crippen LogP) is 7.21. The molecule has 140 valence electrons. The number of hydrogen-bond donors (Lipinski definition) is 0. The van der Waals surface area contributed by atoms with Crippen LogP contribution in [0.15, 0.2) is 78.4 Å². The van der Waals surface area contributed by atoms with Crippen molar-refractivity contribution in [2.24, 2.45) is 5.41 Å². The Morgan fingerprint density at radius 2 is 1.70 bits per heavy atom. The van der Waals surface area contributed by atoms with Gasteiger partial charge in [-0.2, -0.15) is 0 Å². The predicted molar refractivity (Wildman–Crippen MR) is 113 cm³/mol. The molecular formula is C26H30O. The van der Waals surface area contributed by atoms with E-state index in [1.807, 2.05) is 6.07 Å². The molecule has 1 heteroatoms. The molecule has 0 bridgehead atoms. The highest BCUT2D eigenvalue weighted by atomic mass is 16.5. The molecule has 27 heavy (non-hydrogen) atoms. The molecule has 1 fully saturated rings. The molecule has 2 aliphatic carbocycles. The summed E-state index contributed by atoms with van der Waals surface area (Å²) in [4.78, 5) is 0. The molecule has 0 saturated heterocycles. The minimum Gasteiger partial charge on any atom is -0.489 e.